The van der Waals surface area contributed by atoms with Crippen molar-refractivity contribution < 1.29 is 4.79 Å². The second-order valence-corrected chi connectivity index (χ2v) is 5.27. The predicted octanol–water partition coefficient (Wildman–Crippen LogP) is 5.20. The van der Waals surface area contributed by atoms with Crippen LogP contribution >= 0.6 is 0 Å². The van der Waals surface area contributed by atoms with Gasteiger partial charge in [0.25, 0.3) is 0 Å². The smallest absolute Gasteiger partial charge is 0.132 e. The fraction of sp³-hybridized carbons (Fsp3) is 0.812. The molecule has 0 aromatic rings. The van der Waals surface area contributed by atoms with E-state index in [1.165, 1.54) is 51.4 Å². The number of rotatable bonds is 0. The van der Waals surface area contributed by atoms with E-state index in [-0.39, 0.29) is 0 Å². The standard InChI is InChI=1S/C16H28O/c17-16-14-12-10-8-6-4-2-1-3-5-7-9-11-13-15-16/h6,8H,1-5,7,9-15H2/b8-6+. The Bertz CT molecular complexity index is 218. The molecule has 1 nitrogen and oxygen atoms in total. The Morgan fingerprint density at radius 3 is 1.76 bits per heavy atom. The Hall–Kier alpha value is -0.590. The van der Waals surface area contributed by atoms with Gasteiger partial charge in [-0.25, -0.2) is 0 Å². The van der Waals surface area contributed by atoms with E-state index in [4.69, 9.17) is 0 Å². The molecular formula is C16H28O. The molecule has 1 heteroatoms. The van der Waals surface area contributed by atoms with E-state index >= 15 is 0 Å². The van der Waals surface area contributed by atoms with Crippen LogP contribution in [-0.2, 0) is 4.79 Å². The van der Waals surface area contributed by atoms with Crippen molar-refractivity contribution in [2.45, 2.75) is 83.5 Å². The maximum atomic E-state index is 11.6. The summed E-state index contributed by atoms with van der Waals surface area (Å²) in [4.78, 5) is 11.6. The molecule has 1 aliphatic carbocycles. The number of hydrogen-bond acceptors (Lipinski definition) is 1. The Balaban J connectivity index is 2.19. The summed E-state index contributed by atoms with van der Waals surface area (Å²) in [5.74, 6) is 0.477. The van der Waals surface area contributed by atoms with Crippen molar-refractivity contribution in [2.75, 3.05) is 0 Å². The summed E-state index contributed by atoms with van der Waals surface area (Å²) >= 11 is 0. The van der Waals surface area contributed by atoms with Crippen LogP contribution in [0.4, 0.5) is 0 Å². The first-order valence-corrected chi connectivity index (χ1v) is 7.56. The number of allylic oxidation sites excluding steroid dienone is 2. The van der Waals surface area contributed by atoms with Crippen molar-refractivity contribution in [1.82, 2.24) is 0 Å². The Morgan fingerprint density at radius 2 is 1.06 bits per heavy atom. The maximum Gasteiger partial charge on any atom is 0.132 e. The van der Waals surface area contributed by atoms with E-state index < -0.39 is 0 Å². The zero-order valence-corrected chi connectivity index (χ0v) is 11.3. The number of carbonyl (C=O) groups is 1. The third-order valence-corrected chi connectivity index (χ3v) is 3.57. The molecule has 0 heterocycles. The first-order valence-electron chi connectivity index (χ1n) is 7.56. The second-order valence-electron chi connectivity index (χ2n) is 5.27. The highest BCUT2D eigenvalue weighted by molar-refractivity contribution is 5.78. The molecule has 17 heavy (non-hydrogen) atoms. The van der Waals surface area contributed by atoms with E-state index in [2.05, 4.69) is 12.2 Å². The third kappa shape index (κ3) is 9.14. The summed E-state index contributed by atoms with van der Waals surface area (Å²) < 4.78 is 0. The lowest BCUT2D eigenvalue weighted by molar-refractivity contribution is -0.119. The number of ketones is 1. The lowest BCUT2D eigenvalue weighted by Crippen LogP contribution is -1.97. The fourth-order valence-corrected chi connectivity index (χ4v) is 2.42. The monoisotopic (exact) mass is 236 g/mol. The van der Waals surface area contributed by atoms with Crippen molar-refractivity contribution in [2.24, 2.45) is 0 Å². The molecule has 0 unspecified atom stereocenters. The fourth-order valence-electron chi connectivity index (χ4n) is 2.42. The SMILES string of the molecule is O=C1CCC/C=C/CCCCCCCCCC1. The summed E-state index contributed by atoms with van der Waals surface area (Å²) in [6, 6.07) is 0. The van der Waals surface area contributed by atoms with E-state index in [1.54, 1.807) is 0 Å². The molecule has 0 radical (unpaired) electrons. The zero-order valence-electron chi connectivity index (χ0n) is 11.3. The molecule has 0 aromatic carbocycles. The zero-order chi connectivity index (χ0) is 12.2. The van der Waals surface area contributed by atoms with Gasteiger partial charge in [-0.3, -0.25) is 4.79 Å². The minimum Gasteiger partial charge on any atom is -0.300 e. The van der Waals surface area contributed by atoms with Crippen LogP contribution in [0.2, 0.25) is 0 Å². The minimum atomic E-state index is 0.477. The van der Waals surface area contributed by atoms with Gasteiger partial charge in [0.05, 0.1) is 0 Å². The predicted molar refractivity (Wildman–Crippen MR) is 74.2 cm³/mol. The normalized spacial score (nSPS) is 24.4. The highest BCUT2D eigenvalue weighted by atomic mass is 16.1. The highest BCUT2D eigenvalue weighted by Gasteiger charge is 2.01. The van der Waals surface area contributed by atoms with Gasteiger partial charge in [-0.2, -0.15) is 0 Å². The van der Waals surface area contributed by atoms with Gasteiger partial charge in [0.1, 0.15) is 5.78 Å². The van der Waals surface area contributed by atoms with Crippen LogP contribution < -0.4 is 0 Å². The molecule has 0 spiro atoms. The van der Waals surface area contributed by atoms with Crippen molar-refractivity contribution in [3.63, 3.8) is 0 Å². The van der Waals surface area contributed by atoms with Crippen molar-refractivity contribution >= 4 is 5.78 Å². The first-order chi connectivity index (χ1) is 8.39. The molecule has 0 N–H and O–H groups in total. The number of Topliss-reactive ketones (excluding diaryl/α,β-unsaturated/α-hetero) is 1. The van der Waals surface area contributed by atoms with Gasteiger partial charge in [-0.05, 0) is 32.1 Å². The maximum absolute atomic E-state index is 11.6. The van der Waals surface area contributed by atoms with Gasteiger partial charge < -0.3 is 0 Å². The van der Waals surface area contributed by atoms with Gasteiger partial charge >= 0.3 is 0 Å². The topological polar surface area (TPSA) is 17.1 Å². The molecule has 0 amide bonds. The lowest BCUT2D eigenvalue weighted by atomic mass is 10.0. The quantitative estimate of drug-likeness (QED) is 0.528. The van der Waals surface area contributed by atoms with Crippen LogP contribution in [0.1, 0.15) is 83.5 Å². The van der Waals surface area contributed by atoms with Crippen LogP contribution in [0.25, 0.3) is 0 Å². The molecule has 0 saturated heterocycles. The van der Waals surface area contributed by atoms with Crippen LogP contribution in [0.15, 0.2) is 12.2 Å². The van der Waals surface area contributed by atoms with Gasteiger partial charge in [0.15, 0.2) is 0 Å². The third-order valence-electron chi connectivity index (χ3n) is 3.57. The summed E-state index contributed by atoms with van der Waals surface area (Å²) in [5, 5.41) is 0. The van der Waals surface area contributed by atoms with Crippen molar-refractivity contribution in [3.05, 3.63) is 12.2 Å². The van der Waals surface area contributed by atoms with Crippen LogP contribution in [0.5, 0.6) is 0 Å². The molecule has 0 fully saturated rings. The molecule has 1 rings (SSSR count). The van der Waals surface area contributed by atoms with Gasteiger partial charge in [-0.15, -0.1) is 0 Å². The molecule has 0 aromatic heterocycles. The van der Waals surface area contributed by atoms with Gasteiger partial charge in [0.2, 0.25) is 0 Å². The average molecular weight is 236 g/mol. The molecule has 0 saturated carbocycles. The average Bonchev–Trinajstić information content (AvgIpc) is 2.32. The largest absolute Gasteiger partial charge is 0.300 e. The van der Waals surface area contributed by atoms with Gasteiger partial charge in [-0.1, -0.05) is 50.7 Å². The van der Waals surface area contributed by atoms with E-state index in [0.29, 0.717) is 5.78 Å². The molecule has 1 aliphatic rings. The summed E-state index contributed by atoms with van der Waals surface area (Å²) in [5.41, 5.74) is 0. The van der Waals surface area contributed by atoms with E-state index in [0.717, 1.165) is 32.1 Å². The minimum absolute atomic E-state index is 0.477. The Labute approximate surface area is 107 Å². The second kappa shape index (κ2) is 10.6. The molecular weight excluding hydrogens is 208 g/mol. The van der Waals surface area contributed by atoms with Crippen molar-refractivity contribution in [1.29, 1.82) is 0 Å². The summed E-state index contributed by atoms with van der Waals surface area (Å²) in [7, 11) is 0. The first kappa shape index (κ1) is 14.5. The molecule has 0 aliphatic heterocycles. The summed E-state index contributed by atoms with van der Waals surface area (Å²) in [6.07, 6.45) is 20.1. The lowest BCUT2D eigenvalue weighted by Gasteiger charge is -2.03. The number of carbonyl (C=O) groups excluding carboxylic acids is 1. The molecule has 0 atom stereocenters. The Kier molecular flexibility index (Phi) is 8.99. The molecule has 0 bridgehead atoms. The Morgan fingerprint density at radius 1 is 0.588 bits per heavy atom. The van der Waals surface area contributed by atoms with E-state index in [1.807, 2.05) is 0 Å². The van der Waals surface area contributed by atoms with Crippen LogP contribution in [0.3, 0.4) is 0 Å². The van der Waals surface area contributed by atoms with E-state index in [9.17, 15) is 4.79 Å². The van der Waals surface area contributed by atoms with Crippen LogP contribution in [-0.4, -0.2) is 5.78 Å². The van der Waals surface area contributed by atoms with Crippen LogP contribution in [0, 0.1) is 0 Å². The highest BCUT2D eigenvalue weighted by Crippen LogP contribution is 2.12. The van der Waals surface area contributed by atoms with Gasteiger partial charge in [0, 0.05) is 12.8 Å². The molecule has 98 valence electrons. The summed E-state index contributed by atoms with van der Waals surface area (Å²) in [6.45, 7) is 0. The number of hydrogen-bond donors (Lipinski definition) is 0. The van der Waals surface area contributed by atoms with Crippen molar-refractivity contribution in [3.8, 4) is 0 Å².